The number of nitrogens with zero attached hydrogens (tertiary/aromatic N) is 3. The monoisotopic (exact) mass is 264 g/mol. The molecular formula is C12H16N4OS. The molecule has 0 saturated carbocycles. The van der Waals surface area contributed by atoms with Gasteiger partial charge in [-0.1, -0.05) is 6.92 Å². The summed E-state index contributed by atoms with van der Waals surface area (Å²) in [4.78, 5) is 13.8. The number of nitrogens with one attached hydrogen (secondary N) is 1. The average Bonchev–Trinajstić information content (AvgIpc) is 2.88. The van der Waals surface area contributed by atoms with Crippen molar-refractivity contribution >= 4 is 17.2 Å². The number of hydrogen-bond donors (Lipinski definition) is 1. The van der Waals surface area contributed by atoms with Gasteiger partial charge in [0.2, 0.25) is 5.88 Å². The molecule has 0 aliphatic carbocycles. The van der Waals surface area contributed by atoms with E-state index >= 15 is 0 Å². The summed E-state index contributed by atoms with van der Waals surface area (Å²) in [6.45, 7) is 4.19. The highest BCUT2D eigenvalue weighted by Gasteiger charge is 2.11. The lowest BCUT2D eigenvalue weighted by Gasteiger charge is -2.11. The van der Waals surface area contributed by atoms with Gasteiger partial charge in [-0.25, -0.2) is 15.0 Å². The van der Waals surface area contributed by atoms with Crippen LogP contribution < -0.4 is 10.1 Å². The van der Waals surface area contributed by atoms with Crippen LogP contribution in [0.1, 0.15) is 29.8 Å². The Hall–Kier alpha value is -1.69. The Kier molecular flexibility index (Phi) is 4.09. The Labute approximate surface area is 110 Å². The molecule has 2 aromatic heterocycles. The molecule has 0 radical (unpaired) electrons. The first kappa shape index (κ1) is 12.8. The molecule has 1 atom stereocenters. The summed E-state index contributed by atoms with van der Waals surface area (Å²) in [5.41, 5.74) is 0. The second kappa shape index (κ2) is 5.77. The Balaban J connectivity index is 2.08. The lowest BCUT2D eigenvalue weighted by atomic mass is 10.3. The van der Waals surface area contributed by atoms with E-state index in [1.807, 2.05) is 6.20 Å². The first-order valence-electron chi connectivity index (χ1n) is 5.80. The maximum absolute atomic E-state index is 5.06. The van der Waals surface area contributed by atoms with Gasteiger partial charge in [0.25, 0.3) is 0 Å². The van der Waals surface area contributed by atoms with Crippen LogP contribution >= 0.6 is 11.3 Å². The number of aromatic nitrogens is 3. The van der Waals surface area contributed by atoms with E-state index in [1.165, 1.54) is 11.2 Å². The fourth-order valence-electron chi connectivity index (χ4n) is 1.50. The molecular weight excluding hydrogens is 248 g/mol. The second-order valence-electron chi connectivity index (χ2n) is 3.83. The average molecular weight is 264 g/mol. The second-order valence-corrected chi connectivity index (χ2v) is 4.98. The van der Waals surface area contributed by atoms with Crippen molar-refractivity contribution in [3.8, 4) is 5.88 Å². The SMILES string of the molecule is CCc1cnc(C(C)Nc2cc(OC)ncn2)s1. The van der Waals surface area contributed by atoms with Gasteiger partial charge in [0.05, 0.1) is 13.2 Å². The fraction of sp³-hybridized carbons (Fsp3) is 0.417. The number of rotatable bonds is 5. The van der Waals surface area contributed by atoms with E-state index in [1.54, 1.807) is 24.5 Å². The molecule has 1 N–H and O–H groups in total. The van der Waals surface area contributed by atoms with Gasteiger partial charge in [-0.15, -0.1) is 11.3 Å². The summed E-state index contributed by atoms with van der Waals surface area (Å²) >= 11 is 1.72. The first-order chi connectivity index (χ1) is 8.72. The third kappa shape index (κ3) is 2.95. The van der Waals surface area contributed by atoms with Gasteiger partial charge in [-0.3, -0.25) is 0 Å². The van der Waals surface area contributed by atoms with Crippen molar-refractivity contribution in [2.45, 2.75) is 26.3 Å². The predicted octanol–water partition coefficient (Wildman–Crippen LogP) is 2.68. The predicted molar refractivity (Wildman–Crippen MR) is 72.1 cm³/mol. The highest BCUT2D eigenvalue weighted by atomic mass is 32.1. The summed E-state index contributed by atoms with van der Waals surface area (Å²) in [6.07, 6.45) is 4.43. The molecule has 0 fully saturated rings. The first-order valence-corrected chi connectivity index (χ1v) is 6.61. The van der Waals surface area contributed by atoms with Gasteiger partial charge in [0.15, 0.2) is 0 Å². The van der Waals surface area contributed by atoms with Gasteiger partial charge in [-0.05, 0) is 13.3 Å². The molecule has 2 heterocycles. The van der Waals surface area contributed by atoms with E-state index in [0.717, 1.165) is 17.2 Å². The van der Waals surface area contributed by atoms with Crippen LogP contribution in [0.4, 0.5) is 5.82 Å². The number of ether oxygens (including phenoxy) is 1. The highest BCUT2D eigenvalue weighted by Crippen LogP contribution is 2.23. The third-order valence-electron chi connectivity index (χ3n) is 2.51. The Morgan fingerprint density at radius 3 is 2.89 bits per heavy atom. The summed E-state index contributed by atoms with van der Waals surface area (Å²) < 4.78 is 5.06. The molecule has 0 aliphatic rings. The van der Waals surface area contributed by atoms with Gasteiger partial charge < -0.3 is 10.1 Å². The molecule has 0 spiro atoms. The minimum Gasteiger partial charge on any atom is -0.481 e. The van der Waals surface area contributed by atoms with E-state index in [0.29, 0.717) is 5.88 Å². The maximum atomic E-state index is 5.06. The van der Waals surface area contributed by atoms with Crippen LogP contribution in [0.25, 0.3) is 0 Å². The van der Waals surface area contributed by atoms with E-state index in [4.69, 9.17) is 4.74 Å². The van der Waals surface area contributed by atoms with E-state index in [2.05, 4.69) is 34.1 Å². The standard InChI is InChI=1S/C12H16N4OS/c1-4-9-6-13-12(18-9)8(2)16-10-5-11(17-3)15-7-14-10/h5-8H,4H2,1-3H3,(H,14,15,16). The summed E-state index contributed by atoms with van der Waals surface area (Å²) in [5, 5.41) is 4.35. The van der Waals surface area contributed by atoms with Crippen molar-refractivity contribution in [2.24, 2.45) is 0 Å². The molecule has 1 unspecified atom stereocenters. The molecule has 0 aromatic carbocycles. The van der Waals surface area contributed by atoms with Gasteiger partial charge in [-0.2, -0.15) is 0 Å². The minimum absolute atomic E-state index is 0.120. The molecule has 0 amide bonds. The third-order valence-corrected chi connectivity index (χ3v) is 3.83. The number of anilines is 1. The Bertz CT molecular complexity index is 514. The minimum atomic E-state index is 0.120. The fourth-order valence-corrected chi connectivity index (χ4v) is 2.36. The Morgan fingerprint density at radius 1 is 1.39 bits per heavy atom. The number of thiazole rings is 1. The van der Waals surface area contributed by atoms with Crippen molar-refractivity contribution in [3.63, 3.8) is 0 Å². The van der Waals surface area contributed by atoms with Crippen LogP contribution in [0.2, 0.25) is 0 Å². The van der Waals surface area contributed by atoms with Crippen LogP contribution in [0.15, 0.2) is 18.6 Å². The van der Waals surface area contributed by atoms with Crippen LogP contribution in [-0.4, -0.2) is 22.1 Å². The molecule has 0 aliphatic heterocycles. The largest absolute Gasteiger partial charge is 0.481 e. The van der Waals surface area contributed by atoms with Crippen molar-refractivity contribution in [1.29, 1.82) is 0 Å². The molecule has 5 nitrogen and oxygen atoms in total. The van der Waals surface area contributed by atoms with Crippen molar-refractivity contribution < 1.29 is 4.74 Å². The van der Waals surface area contributed by atoms with E-state index in [9.17, 15) is 0 Å². The molecule has 96 valence electrons. The van der Waals surface area contributed by atoms with Crippen molar-refractivity contribution in [3.05, 3.63) is 28.5 Å². The highest BCUT2D eigenvalue weighted by molar-refractivity contribution is 7.11. The van der Waals surface area contributed by atoms with E-state index in [-0.39, 0.29) is 6.04 Å². The van der Waals surface area contributed by atoms with E-state index < -0.39 is 0 Å². The van der Waals surface area contributed by atoms with Crippen molar-refractivity contribution in [1.82, 2.24) is 15.0 Å². The molecule has 2 aromatic rings. The van der Waals surface area contributed by atoms with Crippen LogP contribution in [-0.2, 0) is 6.42 Å². The Morgan fingerprint density at radius 2 is 2.22 bits per heavy atom. The van der Waals surface area contributed by atoms with Crippen LogP contribution in [0.3, 0.4) is 0 Å². The molecule has 6 heteroatoms. The quantitative estimate of drug-likeness (QED) is 0.899. The van der Waals surface area contributed by atoms with Gasteiger partial charge >= 0.3 is 0 Å². The zero-order valence-corrected chi connectivity index (χ0v) is 11.5. The maximum Gasteiger partial charge on any atom is 0.218 e. The lowest BCUT2D eigenvalue weighted by Crippen LogP contribution is -2.07. The summed E-state index contributed by atoms with van der Waals surface area (Å²) in [7, 11) is 1.59. The lowest BCUT2D eigenvalue weighted by molar-refractivity contribution is 0.397. The zero-order valence-electron chi connectivity index (χ0n) is 10.7. The van der Waals surface area contributed by atoms with Crippen LogP contribution in [0, 0.1) is 0 Å². The number of methoxy groups -OCH3 is 1. The number of aryl methyl sites for hydroxylation is 1. The van der Waals surface area contributed by atoms with Gasteiger partial charge in [0, 0.05) is 17.1 Å². The zero-order chi connectivity index (χ0) is 13.0. The van der Waals surface area contributed by atoms with Crippen LogP contribution in [0.5, 0.6) is 5.88 Å². The van der Waals surface area contributed by atoms with Gasteiger partial charge in [0.1, 0.15) is 17.2 Å². The molecule has 0 saturated heterocycles. The normalized spacial score (nSPS) is 12.2. The molecule has 2 rings (SSSR count). The topological polar surface area (TPSA) is 59.9 Å². The van der Waals surface area contributed by atoms with Crippen molar-refractivity contribution in [2.75, 3.05) is 12.4 Å². The summed E-state index contributed by atoms with van der Waals surface area (Å²) in [5.74, 6) is 1.29. The molecule has 18 heavy (non-hydrogen) atoms. The molecule has 0 bridgehead atoms. The number of hydrogen-bond acceptors (Lipinski definition) is 6. The summed E-state index contributed by atoms with van der Waals surface area (Å²) in [6, 6.07) is 1.89. The smallest absolute Gasteiger partial charge is 0.218 e.